The van der Waals surface area contributed by atoms with E-state index in [-0.39, 0.29) is 31.2 Å². The number of alkyl carbamates (subject to hydrolysis) is 1. The summed E-state index contributed by atoms with van der Waals surface area (Å²) in [5.41, 5.74) is 4.55. The van der Waals surface area contributed by atoms with Crippen molar-refractivity contribution >= 4 is 34.2 Å². The molecule has 1 saturated carbocycles. The number of rotatable bonds is 7. The van der Waals surface area contributed by atoms with Gasteiger partial charge in [0.1, 0.15) is 28.7 Å². The smallest absolute Gasteiger partial charge is 0.407 e. The van der Waals surface area contributed by atoms with Gasteiger partial charge < -0.3 is 24.3 Å². The highest BCUT2D eigenvalue weighted by molar-refractivity contribution is 5.99. The van der Waals surface area contributed by atoms with Crippen molar-refractivity contribution in [3.8, 4) is 17.1 Å². The third kappa shape index (κ3) is 6.25. The molecule has 1 saturated heterocycles. The van der Waals surface area contributed by atoms with Crippen molar-refractivity contribution in [2.75, 3.05) is 20.2 Å². The van der Waals surface area contributed by atoms with E-state index in [1.807, 2.05) is 25.1 Å². The molecule has 1 aliphatic carbocycles. The minimum absolute atomic E-state index is 0.0168. The van der Waals surface area contributed by atoms with Gasteiger partial charge in [-0.15, -0.1) is 0 Å². The van der Waals surface area contributed by atoms with Gasteiger partial charge in [-0.1, -0.05) is 12.1 Å². The fourth-order valence-corrected chi connectivity index (χ4v) is 6.19. The van der Waals surface area contributed by atoms with Gasteiger partial charge in [-0.25, -0.2) is 13.7 Å². The number of carbonyl (C=O) groups is 3. The molecule has 238 valence electrons. The van der Waals surface area contributed by atoms with Gasteiger partial charge in [-0.3, -0.25) is 9.59 Å². The molecule has 0 bridgehead atoms. The first kappa shape index (κ1) is 30.6. The monoisotopic (exact) mass is 617 g/mol. The van der Waals surface area contributed by atoms with Gasteiger partial charge in [0.25, 0.3) is 5.91 Å². The van der Waals surface area contributed by atoms with Crippen molar-refractivity contribution in [3.63, 3.8) is 0 Å². The molecular formula is C34H40FN5O5. The van der Waals surface area contributed by atoms with E-state index in [9.17, 15) is 18.8 Å². The van der Waals surface area contributed by atoms with Crippen LogP contribution in [0.3, 0.4) is 0 Å². The van der Waals surface area contributed by atoms with Crippen molar-refractivity contribution in [1.82, 2.24) is 24.4 Å². The molecule has 11 heteroatoms. The van der Waals surface area contributed by atoms with E-state index in [0.717, 1.165) is 39.9 Å². The van der Waals surface area contributed by atoms with Gasteiger partial charge in [0.15, 0.2) is 5.78 Å². The number of alkyl halides is 1. The largest absolute Gasteiger partial charge is 0.494 e. The van der Waals surface area contributed by atoms with Crippen LogP contribution in [0.2, 0.25) is 0 Å². The summed E-state index contributed by atoms with van der Waals surface area (Å²) in [5.74, 6) is 0.679. The van der Waals surface area contributed by atoms with Crippen LogP contribution < -0.4 is 10.1 Å². The number of aryl methyl sites for hydroxylation is 1. The maximum atomic E-state index is 14.8. The Balaban J connectivity index is 1.35. The Morgan fingerprint density at radius 2 is 1.84 bits per heavy atom. The number of ketones is 1. The molecule has 1 N–H and O–H groups in total. The van der Waals surface area contributed by atoms with Crippen LogP contribution >= 0.6 is 0 Å². The quantitative estimate of drug-likeness (QED) is 0.257. The summed E-state index contributed by atoms with van der Waals surface area (Å²) in [5, 5.41) is 8.69. The number of hydrogen-bond donors (Lipinski definition) is 1. The van der Waals surface area contributed by atoms with Crippen molar-refractivity contribution in [3.05, 3.63) is 53.2 Å². The third-order valence-electron chi connectivity index (χ3n) is 8.49. The molecule has 2 fully saturated rings. The number of amides is 2. The molecule has 2 amide bonds. The number of carbonyl (C=O) groups excluding carboxylic acids is 3. The van der Waals surface area contributed by atoms with Crippen LogP contribution in [0.1, 0.15) is 73.2 Å². The average Bonchev–Trinajstić information content (AvgIpc) is 3.63. The number of benzene rings is 1. The Morgan fingerprint density at radius 1 is 1.09 bits per heavy atom. The first-order valence-electron chi connectivity index (χ1n) is 15.5. The molecule has 3 aromatic heterocycles. The van der Waals surface area contributed by atoms with Crippen molar-refractivity contribution < 1.29 is 28.2 Å². The van der Waals surface area contributed by atoms with Crippen molar-refractivity contribution in [2.45, 2.75) is 78.2 Å². The van der Waals surface area contributed by atoms with E-state index < -0.39 is 23.9 Å². The first-order chi connectivity index (χ1) is 21.3. The minimum atomic E-state index is -1.30. The third-order valence-corrected chi connectivity index (χ3v) is 8.49. The van der Waals surface area contributed by atoms with Crippen LogP contribution in [0.25, 0.3) is 27.8 Å². The highest BCUT2D eigenvalue weighted by atomic mass is 19.1. The summed E-state index contributed by atoms with van der Waals surface area (Å²) >= 11 is 0. The average molecular weight is 618 g/mol. The van der Waals surface area contributed by atoms with Crippen LogP contribution in [-0.4, -0.2) is 74.9 Å². The number of methoxy groups -OCH3 is 1. The molecule has 1 aromatic carbocycles. The van der Waals surface area contributed by atoms with E-state index in [2.05, 4.69) is 16.0 Å². The van der Waals surface area contributed by atoms with Crippen LogP contribution in [-0.2, 0) is 11.3 Å². The lowest BCUT2D eigenvalue weighted by atomic mass is 10.0. The van der Waals surface area contributed by atoms with E-state index >= 15 is 0 Å². The molecule has 0 spiro atoms. The van der Waals surface area contributed by atoms with E-state index in [4.69, 9.17) is 14.6 Å². The standard InChI is InChI=1S/C34H40FN5O5/c1-19-30(28-12-23-10-9-22(20(2)41)11-27(23)39(28)15-21-7-8-21)37-40-16-24(13-29(44-6)31(19)40)32(42)38-17-25(35)14-26(18-38)36-33(43)45-34(3,4)5/h9-13,16,21,25-26H,7-8,14-15,17-18H2,1-6H3,(H,36,43)/t25-,26-/m1/s1. The Labute approximate surface area is 261 Å². The predicted octanol–water partition coefficient (Wildman–Crippen LogP) is 5.96. The number of likely N-dealkylation sites (tertiary alicyclic amines) is 1. The molecule has 1 aliphatic heterocycles. The summed E-state index contributed by atoms with van der Waals surface area (Å²) in [6.07, 6.45) is 2.13. The van der Waals surface area contributed by atoms with Crippen molar-refractivity contribution in [1.29, 1.82) is 0 Å². The first-order valence-corrected chi connectivity index (χ1v) is 15.5. The maximum Gasteiger partial charge on any atom is 0.407 e. The molecule has 4 aromatic rings. The van der Waals surface area contributed by atoms with Crippen molar-refractivity contribution in [2.24, 2.45) is 5.92 Å². The van der Waals surface area contributed by atoms with E-state index in [0.29, 0.717) is 22.8 Å². The van der Waals surface area contributed by atoms with Gasteiger partial charge in [-0.2, -0.15) is 5.10 Å². The number of pyridine rings is 1. The van der Waals surface area contributed by atoms with Crippen LogP contribution in [0.15, 0.2) is 36.5 Å². The van der Waals surface area contributed by atoms with Gasteiger partial charge in [0.2, 0.25) is 0 Å². The SMILES string of the molecule is COc1cc(C(=O)N2C[C@H](F)C[C@@H](NC(=O)OC(C)(C)C)C2)cn2nc(-c3cc4ccc(C(C)=O)cc4n3CC3CC3)c(C)c12. The Hall–Kier alpha value is -4.41. The molecule has 2 atom stereocenters. The summed E-state index contributed by atoms with van der Waals surface area (Å²) in [7, 11) is 1.54. The lowest BCUT2D eigenvalue weighted by Crippen LogP contribution is -2.54. The number of Topliss-reactive ketones (excluding diaryl/α,β-unsaturated/α-hetero) is 1. The lowest BCUT2D eigenvalue weighted by Gasteiger charge is -2.35. The Kier molecular flexibility index (Phi) is 7.82. The van der Waals surface area contributed by atoms with Crippen LogP contribution in [0.4, 0.5) is 9.18 Å². The zero-order valence-electron chi connectivity index (χ0n) is 26.6. The number of fused-ring (bicyclic) bond motifs is 2. The normalized spacial score (nSPS) is 18.8. The molecule has 0 radical (unpaired) electrons. The zero-order chi connectivity index (χ0) is 32.2. The summed E-state index contributed by atoms with van der Waals surface area (Å²) in [6.45, 7) is 9.70. The summed E-state index contributed by atoms with van der Waals surface area (Å²) in [4.78, 5) is 39.7. The van der Waals surface area contributed by atoms with Gasteiger partial charge in [0.05, 0.1) is 31.0 Å². The zero-order valence-corrected chi connectivity index (χ0v) is 26.6. The minimum Gasteiger partial charge on any atom is -0.494 e. The highest BCUT2D eigenvalue weighted by Crippen LogP contribution is 2.39. The number of piperidine rings is 1. The summed E-state index contributed by atoms with van der Waals surface area (Å²) in [6, 6.07) is 8.95. The van der Waals surface area contributed by atoms with Gasteiger partial charge >= 0.3 is 6.09 Å². The molecule has 6 rings (SSSR count). The predicted molar refractivity (Wildman–Crippen MR) is 169 cm³/mol. The maximum absolute atomic E-state index is 14.8. The molecule has 0 unspecified atom stereocenters. The van der Waals surface area contributed by atoms with Crippen LogP contribution in [0.5, 0.6) is 5.75 Å². The Morgan fingerprint density at radius 3 is 2.51 bits per heavy atom. The number of nitrogens with one attached hydrogen (secondary N) is 1. The Bertz CT molecular complexity index is 1820. The number of nitrogens with zero attached hydrogens (tertiary/aromatic N) is 4. The van der Waals surface area contributed by atoms with E-state index in [1.165, 1.54) is 17.7 Å². The van der Waals surface area contributed by atoms with Gasteiger partial charge in [0, 0.05) is 47.7 Å². The second kappa shape index (κ2) is 11.5. The number of ether oxygens (including phenoxy) is 2. The second-order valence-corrected chi connectivity index (χ2v) is 13.4. The van der Waals surface area contributed by atoms with E-state index in [1.54, 1.807) is 51.6 Å². The molecule has 2 aliphatic rings. The van der Waals surface area contributed by atoms with Crippen LogP contribution in [0, 0.1) is 12.8 Å². The number of halogens is 1. The lowest BCUT2D eigenvalue weighted by molar-refractivity contribution is 0.0394. The molecule has 10 nitrogen and oxygen atoms in total. The van der Waals surface area contributed by atoms with Gasteiger partial charge in [-0.05, 0) is 71.6 Å². The topological polar surface area (TPSA) is 107 Å². The summed E-state index contributed by atoms with van der Waals surface area (Å²) < 4.78 is 29.8. The number of hydrogen-bond acceptors (Lipinski definition) is 6. The fraction of sp³-hybridized carbons (Fsp3) is 0.471. The molecular weight excluding hydrogens is 577 g/mol. The fourth-order valence-electron chi connectivity index (χ4n) is 6.19. The molecule has 45 heavy (non-hydrogen) atoms. The molecule has 4 heterocycles. The highest BCUT2D eigenvalue weighted by Gasteiger charge is 2.33. The second-order valence-electron chi connectivity index (χ2n) is 13.4. The number of aromatic nitrogens is 3.